The fourth-order valence-corrected chi connectivity index (χ4v) is 3.11. The lowest BCUT2D eigenvalue weighted by Gasteiger charge is -2.28. The standard InChI is InChI=1S/C16H13F4N3O2S/c17-11-3-1-10(2-4-11)14-9-22(16(19)20)23(15(14)18)12-5-7-13(8-6-12)26(21,24)25/h1-8,16H,9H2,(H2,21,24,25). The van der Waals surface area contributed by atoms with Crippen molar-refractivity contribution in [2.24, 2.45) is 5.14 Å². The predicted octanol–water partition coefficient (Wildman–Crippen LogP) is 3.07. The number of hydrogen-bond donors (Lipinski definition) is 1. The van der Waals surface area contributed by atoms with Gasteiger partial charge in [0, 0.05) is 5.57 Å². The van der Waals surface area contributed by atoms with E-state index in [4.69, 9.17) is 5.14 Å². The highest BCUT2D eigenvalue weighted by molar-refractivity contribution is 7.89. The zero-order valence-electron chi connectivity index (χ0n) is 13.1. The van der Waals surface area contributed by atoms with E-state index in [9.17, 15) is 26.0 Å². The highest BCUT2D eigenvalue weighted by atomic mass is 32.2. The van der Waals surface area contributed by atoms with Crippen LogP contribution in [0, 0.1) is 5.82 Å². The van der Waals surface area contributed by atoms with Crippen molar-refractivity contribution in [2.45, 2.75) is 11.4 Å². The van der Waals surface area contributed by atoms with Crippen LogP contribution in [0.3, 0.4) is 0 Å². The molecule has 0 radical (unpaired) electrons. The van der Waals surface area contributed by atoms with Gasteiger partial charge in [-0.25, -0.2) is 23.0 Å². The lowest BCUT2D eigenvalue weighted by atomic mass is 10.1. The molecule has 0 aromatic heterocycles. The van der Waals surface area contributed by atoms with Gasteiger partial charge >= 0.3 is 6.55 Å². The number of alkyl halides is 2. The molecule has 0 fully saturated rings. The Bertz CT molecular complexity index is 944. The summed E-state index contributed by atoms with van der Waals surface area (Å²) in [6.45, 7) is -3.46. The molecule has 0 amide bonds. The van der Waals surface area contributed by atoms with Gasteiger partial charge in [0.25, 0.3) is 0 Å². The van der Waals surface area contributed by atoms with Gasteiger partial charge in [-0.2, -0.15) is 13.2 Å². The van der Waals surface area contributed by atoms with Gasteiger partial charge in [-0.15, -0.1) is 5.01 Å². The monoisotopic (exact) mass is 387 g/mol. The lowest BCUT2D eigenvalue weighted by molar-refractivity contribution is -0.0183. The van der Waals surface area contributed by atoms with Gasteiger partial charge in [-0.05, 0) is 42.0 Å². The Morgan fingerprint density at radius 1 is 0.962 bits per heavy atom. The second-order valence-corrected chi connectivity index (χ2v) is 7.06. The number of nitrogens with two attached hydrogens (primary N) is 1. The smallest absolute Gasteiger partial charge is 0.243 e. The second-order valence-electron chi connectivity index (χ2n) is 5.50. The number of hydrazine groups is 1. The van der Waals surface area contributed by atoms with Crippen molar-refractivity contribution in [3.8, 4) is 0 Å². The van der Waals surface area contributed by atoms with Gasteiger partial charge in [0.2, 0.25) is 16.0 Å². The summed E-state index contributed by atoms with van der Waals surface area (Å²) >= 11 is 0. The fourth-order valence-electron chi connectivity index (χ4n) is 2.59. The first-order chi connectivity index (χ1) is 12.2. The fraction of sp³-hybridized carbons (Fsp3) is 0.125. The number of primary sulfonamides is 1. The van der Waals surface area contributed by atoms with Gasteiger partial charge < -0.3 is 0 Å². The molecule has 138 valence electrons. The van der Waals surface area contributed by atoms with Crippen LogP contribution in [-0.4, -0.2) is 26.5 Å². The molecule has 1 aliphatic rings. The van der Waals surface area contributed by atoms with Crippen molar-refractivity contribution < 1.29 is 26.0 Å². The molecule has 0 saturated carbocycles. The molecular formula is C16H13F4N3O2S. The maximum atomic E-state index is 14.9. The van der Waals surface area contributed by atoms with Crippen LogP contribution in [-0.2, 0) is 10.0 Å². The zero-order valence-corrected chi connectivity index (χ0v) is 13.9. The molecule has 0 spiro atoms. The van der Waals surface area contributed by atoms with E-state index in [1.165, 1.54) is 24.3 Å². The van der Waals surface area contributed by atoms with Crippen LogP contribution in [0.15, 0.2) is 59.4 Å². The molecule has 0 saturated heterocycles. The van der Waals surface area contributed by atoms with Crippen LogP contribution in [0.1, 0.15) is 5.56 Å². The van der Waals surface area contributed by atoms with E-state index in [0.29, 0.717) is 10.0 Å². The number of nitrogens with zero attached hydrogens (tertiary/aromatic N) is 2. The topological polar surface area (TPSA) is 66.6 Å². The Labute approximate surface area is 147 Å². The van der Waals surface area contributed by atoms with E-state index in [1.807, 2.05) is 0 Å². The van der Waals surface area contributed by atoms with E-state index in [2.05, 4.69) is 0 Å². The summed E-state index contributed by atoms with van der Waals surface area (Å²) < 4.78 is 77.2. The molecular weight excluding hydrogens is 374 g/mol. The molecule has 10 heteroatoms. The summed E-state index contributed by atoms with van der Waals surface area (Å²) in [5, 5.41) is 6.11. The molecule has 0 unspecified atom stereocenters. The first-order valence-corrected chi connectivity index (χ1v) is 8.85. The number of hydrogen-bond acceptors (Lipinski definition) is 4. The summed E-state index contributed by atoms with van der Waals surface area (Å²) in [6.07, 6.45) is 0. The van der Waals surface area contributed by atoms with E-state index in [1.54, 1.807) is 0 Å². The molecule has 1 heterocycles. The van der Waals surface area contributed by atoms with E-state index in [-0.39, 0.29) is 21.7 Å². The van der Waals surface area contributed by atoms with Crippen LogP contribution in [0.2, 0.25) is 0 Å². The Balaban J connectivity index is 2.03. The first kappa shape index (κ1) is 18.4. The van der Waals surface area contributed by atoms with Gasteiger partial charge in [0.1, 0.15) is 5.82 Å². The van der Waals surface area contributed by atoms with Crippen LogP contribution < -0.4 is 10.1 Å². The Morgan fingerprint density at radius 2 is 1.54 bits per heavy atom. The largest absolute Gasteiger partial charge is 0.311 e. The van der Waals surface area contributed by atoms with Crippen LogP contribution in [0.5, 0.6) is 0 Å². The number of halogens is 4. The van der Waals surface area contributed by atoms with Crippen molar-refractivity contribution in [1.29, 1.82) is 0 Å². The minimum absolute atomic E-state index is 0.00712. The van der Waals surface area contributed by atoms with Crippen molar-refractivity contribution in [3.05, 3.63) is 65.9 Å². The average molecular weight is 387 g/mol. The number of benzene rings is 2. The summed E-state index contributed by atoms with van der Waals surface area (Å²) in [7, 11) is -3.97. The van der Waals surface area contributed by atoms with Gasteiger partial charge in [-0.1, -0.05) is 12.1 Å². The number of rotatable bonds is 4. The third-order valence-electron chi connectivity index (χ3n) is 3.84. The quantitative estimate of drug-likeness (QED) is 0.647. The number of sulfonamides is 1. The molecule has 2 N–H and O–H groups in total. The lowest BCUT2D eigenvalue weighted by Crippen LogP contribution is -2.40. The molecule has 26 heavy (non-hydrogen) atoms. The minimum Gasteiger partial charge on any atom is -0.243 e. The van der Waals surface area contributed by atoms with Crippen molar-refractivity contribution in [2.75, 3.05) is 11.6 Å². The summed E-state index contributed by atoms with van der Waals surface area (Å²) in [5.74, 6) is -1.49. The molecule has 2 aromatic carbocycles. The van der Waals surface area contributed by atoms with E-state index in [0.717, 1.165) is 24.3 Å². The van der Waals surface area contributed by atoms with Crippen LogP contribution >= 0.6 is 0 Å². The van der Waals surface area contributed by atoms with Gasteiger partial charge in [0.15, 0.2) is 0 Å². The van der Waals surface area contributed by atoms with E-state index < -0.39 is 34.9 Å². The Kier molecular flexibility index (Phi) is 4.74. The minimum atomic E-state index is -3.97. The molecule has 0 bridgehead atoms. The molecule has 1 aliphatic heterocycles. The first-order valence-electron chi connectivity index (χ1n) is 7.31. The third-order valence-corrected chi connectivity index (χ3v) is 4.77. The van der Waals surface area contributed by atoms with E-state index >= 15 is 0 Å². The summed E-state index contributed by atoms with van der Waals surface area (Å²) in [6, 6.07) is 9.32. The SMILES string of the molecule is NS(=O)(=O)c1ccc(N2C(F)=C(c3ccc(F)cc3)CN2C(F)F)cc1. The van der Waals surface area contributed by atoms with Crippen molar-refractivity contribution in [3.63, 3.8) is 0 Å². The Morgan fingerprint density at radius 3 is 2.04 bits per heavy atom. The molecule has 5 nitrogen and oxygen atoms in total. The van der Waals surface area contributed by atoms with Crippen LogP contribution in [0.4, 0.5) is 23.2 Å². The average Bonchev–Trinajstić information content (AvgIpc) is 2.92. The zero-order chi connectivity index (χ0) is 19.1. The van der Waals surface area contributed by atoms with Crippen molar-refractivity contribution in [1.82, 2.24) is 5.01 Å². The molecule has 3 rings (SSSR count). The van der Waals surface area contributed by atoms with Gasteiger partial charge in [0.05, 0.1) is 17.1 Å². The highest BCUT2D eigenvalue weighted by Gasteiger charge is 2.37. The Hall–Kier alpha value is -2.43. The predicted molar refractivity (Wildman–Crippen MR) is 87.4 cm³/mol. The maximum Gasteiger partial charge on any atom is 0.311 e. The molecule has 2 aromatic rings. The summed E-state index contributed by atoms with van der Waals surface area (Å²) in [4.78, 5) is -0.229. The highest BCUT2D eigenvalue weighted by Crippen LogP contribution is 2.37. The van der Waals surface area contributed by atoms with Crippen LogP contribution in [0.25, 0.3) is 5.57 Å². The maximum absolute atomic E-state index is 14.9. The molecule has 0 atom stereocenters. The third kappa shape index (κ3) is 3.43. The number of anilines is 1. The van der Waals surface area contributed by atoms with Gasteiger partial charge in [-0.3, -0.25) is 0 Å². The molecule has 0 aliphatic carbocycles. The second kappa shape index (κ2) is 6.71. The van der Waals surface area contributed by atoms with Crippen molar-refractivity contribution >= 4 is 21.3 Å². The summed E-state index contributed by atoms with van der Waals surface area (Å²) in [5.41, 5.74) is 0.214. The normalized spacial score (nSPS) is 16.0.